The second-order valence-corrected chi connectivity index (χ2v) is 11.1. The lowest BCUT2D eigenvalue weighted by atomic mass is 10.0. The Bertz CT molecular complexity index is 1340. The smallest absolute Gasteiger partial charge is 0.257 e. The largest absolute Gasteiger partial charge is 0.355 e. The van der Waals surface area contributed by atoms with Crippen molar-refractivity contribution >= 4 is 35.0 Å². The Hall–Kier alpha value is -3.50. The summed E-state index contributed by atoms with van der Waals surface area (Å²) in [5.41, 5.74) is 2.56. The number of benzene rings is 1. The van der Waals surface area contributed by atoms with Gasteiger partial charge in [0.25, 0.3) is 5.91 Å². The number of nitrogens with zero attached hydrogens (tertiary/aromatic N) is 6. The molecule has 4 heterocycles. The van der Waals surface area contributed by atoms with Crippen molar-refractivity contribution in [3.05, 3.63) is 70.5 Å². The van der Waals surface area contributed by atoms with Gasteiger partial charge in [-0.25, -0.2) is 4.99 Å². The summed E-state index contributed by atoms with van der Waals surface area (Å²) in [6, 6.07) is 7.99. The number of ketones is 1. The molecule has 0 radical (unpaired) electrons. The fourth-order valence-corrected chi connectivity index (χ4v) is 6.07. The molecule has 10 heteroatoms. The van der Waals surface area contributed by atoms with Crippen LogP contribution in [0, 0.1) is 6.92 Å². The number of nitrogens with one attached hydrogen (secondary N) is 1. The fourth-order valence-electron chi connectivity index (χ4n) is 4.85. The van der Waals surface area contributed by atoms with Crippen molar-refractivity contribution in [3.63, 3.8) is 0 Å². The van der Waals surface area contributed by atoms with Gasteiger partial charge in [-0.15, -0.1) is 0 Å². The number of hydrogen-bond acceptors (Lipinski definition) is 8. The highest BCUT2D eigenvalue weighted by atomic mass is 32.2. The Balaban J connectivity index is 1.49. The number of anilines is 1. The van der Waals surface area contributed by atoms with E-state index in [1.165, 1.54) is 11.8 Å². The van der Waals surface area contributed by atoms with Crippen LogP contribution in [0.4, 0.5) is 5.69 Å². The lowest BCUT2D eigenvalue weighted by molar-refractivity contribution is -0.122. The Kier molecular flexibility index (Phi) is 8.42. The fraction of sp³-hybridized carbons (Fsp3) is 0.414. The number of carbonyl (C=O) groups excluding carboxylic acids is 2. The number of aliphatic imine (C=N–C) groups is 1. The van der Waals surface area contributed by atoms with Crippen LogP contribution in [-0.2, 0) is 16.1 Å². The molecule has 204 valence electrons. The van der Waals surface area contributed by atoms with Crippen LogP contribution in [0.3, 0.4) is 0 Å². The topological polar surface area (TPSA) is 94.0 Å². The van der Waals surface area contributed by atoms with Crippen LogP contribution in [0.15, 0.2) is 69.0 Å². The van der Waals surface area contributed by atoms with Crippen LogP contribution in [-0.4, -0.2) is 70.5 Å². The molecule has 1 fully saturated rings. The maximum absolute atomic E-state index is 13.6. The third kappa shape index (κ3) is 6.07. The van der Waals surface area contributed by atoms with E-state index >= 15 is 0 Å². The summed E-state index contributed by atoms with van der Waals surface area (Å²) >= 11 is 1.45. The molecule has 9 nitrogen and oxygen atoms in total. The Morgan fingerprint density at radius 2 is 2.00 bits per heavy atom. The molecule has 1 N–H and O–H groups in total. The number of carbonyl (C=O) groups is 2. The van der Waals surface area contributed by atoms with Gasteiger partial charge in [0.15, 0.2) is 5.78 Å². The van der Waals surface area contributed by atoms with Crippen LogP contribution < -0.4 is 10.2 Å². The number of fused-ring (bicyclic) bond motifs is 3. The minimum atomic E-state index is -0.404. The van der Waals surface area contributed by atoms with Gasteiger partial charge in [-0.2, -0.15) is 0 Å². The molecule has 0 aliphatic carbocycles. The lowest BCUT2D eigenvalue weighted by Crippen LogP contribution is -2.41. The summed E-state index contributed by atoms with van der Waals surface area (Å²) in [5.74, 6) is 0.945. The zero-order chi connectivity index (χ0) is 27.4. The molecule has 0 atom stereocenters. The Morgan fingerprint density at radius 3 is 2.79 bits per heavy atom. The third-order valence-electron chi connectivity index (χ3n) is 6.98. The normalized spacial score (nSPS) is 19.3. The number of allylic oxidation sites excluding steroid dienone is 1. The predicted octanol–water partition coefficient (Wildman–Crippen LogP) is 3.88. The molecule has 3 aliphatic heterocycles. The first kappa shape index (κ1) is 27.1. The van der Waals surface area contributed by atoms with Gasteiger partial charge in [-0.3, -0.25) is 24.5 Å². The van der Waals surface area contributed by atoms with Crippen molar-refractivity contribution in [2.24, 2.45) is 4.99 Å². The standard InChI is InChI=1S/C29H35N7O2S/c1-4-5-11-25(35-13-8-12-34(3)14-15-35)33-26-16-23(37)27(28(38)32-19-21-18-30-20(2)17-31-21)29-36(26)22-9-6-7-10-24(22)39-29/h6-7,9-11,17-18H,4-5,8,12-16,19H2,1-3H3,(H,32,38)/b25-11+,33-26?. The van der Waals surface area contributed by atoms with Crippen LogP contribution >= 0.6 is 11.8 Å². The summed E-state index contributed by atoms with van der Waals surface area (Å²) in [6.45, 7) is 8.05. The number of para-hydroxylation sites is 1. The number of unbranched alkanes of at least 4 members (excludes halogenated alkanes) is 1. The van der Waals surface area contributed by atoms with Gasteiger partial charge in [0.05, 0.1) is 36.2 Å². The van der Waals surface area contributed by atoms with E-state index < -0.39 is 5.91 Å². The number of aromatic nitrogens is 2. The lowest BCUT2D eigenvalue weighted by Gasteiger charge is -2.30. The first-order valence-electron chi connectivity index (χ1n) is 13.6. The highest BCUT2D eigenvalue weighted by molar-refractivity contribution is 8.04. The zero-order valence-corrected chi connectivity index (χ0v) is 23.6. The van der Waals surface area contributed by atoms with E-state index in [0.717, 1.165) is 67.5 Å². The monoisotopic (exact) mass is 545 g/mol. The van der Waals surface area contributed by atoms with Crippen molar-refractivity contribution < 1.29 is 9.59 Å². The molecule has 1 aromatic heterocycles. The molecule has 0 spiro atoms. The van der Waals surface area contributed by atoms with Gasteiger partial charge < -0.3 is 15.1 Å². The van der Waals surface area contributed by atoms with Crippen LogP contribution in [0.25, 0.3) is 0 Å². The Morgan fingerprint density at radius 1 is 1.15 bits per heavy atom. The molecule has 1 amide bonds. The van der Waals surface area contributed by atoms with E-state index in [2.05, 4.69) is 45.1 Å². The van der Waals surface area contributed by atoms with Gasteiger partial charge in [0.2, 0.25) is 0 Å². The Labute approximate surface area is 234 Å². The molecular formula is C29H35N7O2S. The van der Waals surface area contributed by atoms with E-state index in [1.807, 2.05) is 36.1 Å². The molecule has 3 aliphatic rings. The molecule has 2 aromatic rings. The SMILES string of the molecule is CCC/C=C(\N=C1CC(=O)C(C(=O)NCc2cnc(C)cn2)=C2Sc3ccccc3N12)N1CCCN(C)CC1. The molecular weight excluding hydrogens is 510 g/mol. The second-order valence-electron chi connectivity index (χ2n) is 10.0. The van der Waals surface area contributed by atoms with Gasteiger partial charge >= 0.3 is 0 Å². The van der Waals surface area contributed by atoms with Gasteiger partial charge in [0.1, 0.15) is 22.3 Å². The number of amides is 1. The number of amidine groups is 1. The van der Waals surface area contributed by atoms with E-state index in [0.29, 0.717) is 16.6 Å². The maximum atomic E-state index is 13.6. The molecule has 0 unspecified atom stereocenters. The van der Waals surface area contributed by atoms with Crippen molar-refractivity contribution in [1.82, 2.24) is 25.1 Å². The molecule has 1 saturated heterocycles. The minimum Gasteiger partial charge on any atom is -0.355 e. The third-order valence-corrected chi connectivity index (χ3v) is 8.12. The van der Waals surface area contributed by atoms with Gasteiger partial charge in [-0.1, -0.05) is 37.2 Å². The van der Waals surface area contributed by atoms with Crippen molar-refractivity contribution in [2.75, 3.05) is 38.1 Å². The van der Waals surface area contributed by atoms with E-state index in [-0.39, 0.29) is 24.3 Å². The quantitative estimate of drug-likeness (QED) is 0.524. The summed E-state index contributed by atoms with van der Waals surface area (Å²) in [4.78, 5) is 48.3. The average molecular weight is 546 g/mol. The first-order valence-corrected chi connectivity index (χ1v) is 14.4. The highest BCUT2D eigenvalue weighted by Gasteiger charge is 2.41. The van der Waals surface area contributed by atoms with E-state index in [4.69, 9.17) is 4.99 Å². The number of thioether (sulfide) groups is 1. The van der Waals surface area contributed by atoms with Gasteiger partial charge in [-0.05, 0) is 51.6 Å². The van der Waals surface area contributed by atoms with Crippen molar-refractivity contribution in [1.29, 1.82) is 0 Å². The van der Waals surface area contributed by atoms with Crippen molar-refractivity contribution in [2.45, 2.75) is 51.0 Å². The molecule has 5 rings (SSSR count). The number of Topliss-reactive ketones (excluding diaryl/α,β-unsaturated/α-hetero) is 1. The summed E-state index contributed by atoms with van der Waals surface area (Å²) < 4.78 is 0. The summed E-state index contributed by atoms with van der Waals surface area (Å²) in [7, 11) is 2.15. The number of rotatable bonds is 7. The average Bonchev–Trinajstić information content (AvgIpc) is 3.18. The molecule has 0 bridgehead atoms. The van der Waals surface area contributed by atoms with Gasteiger partial charge in [0, 0.05) is 30.7 Å². The first-order chi connectivity index (χ1) is 18.9. The number of likely N-dealkylation sites (N-methyl/N-ethyl adjacent to an activating group) is 1. The summed E-state index contributed by atoms with van der Waals surface area (Å²) in [5, 5.41) is 3.49. The maximum Gasteiger partial charge on any atom is 0.257 e. The molecule has 39 heavy (non-hydrogen) atoms. The van der Waals surface area contributed by atoms with E-state index in [9.17, 15) is 9.59 Å². The predicted molar refractivity (Wildman–Crippen MR) is 154 cm³/mol. The zero-order valence-electron chi connectivity index (χ0n) is 22.8. The summed E-state index contributed by atoms with van der Waals surface area (Å²) in [6.07, 6.45) is 8.54. The highest BCUT2D eigenvalue weighted by Crippen LogP contribution is 2.49. The van der Waals surface area contributed by atoms with Crippen LogP contribution in [0.2, 0.25) is 0 Å². The number of hydrogen-bond donors (Lipinski definition) is 1. The minimum absolute atomic E-state index is 0.0582. The number of aryl methyl sites for hydroxylation is 1. The molecule has 0 saturated carbocycles. The van der Waals surface area contributed by atoms with Crippen LogP contribution in [0.5, 0.6) is 0 Å². The van der Waals surface area contributed by atoms with Crippen LogP contribution in [0.1, 0.15) is 44.0 Å². The van der Waals surface area contributed by atoms with E-state index in [1.54, 1.807) is 12.4 Å². The second kappa shape index (κ2) is 12.1. The molecule has 1 aromatic carbocycles. The van der Waals surface area contributed by atoms with Crippen molar-refractivity contribution in [3.8, 4) is 0 Å².